The first kappa shape index (κ1) is 17.5. The van der Waals surface area contributed by atoms with Gasteiger partial charge in [0.05, 0.1) is 6.61 Å². The lowest BCUT2D eigenvalue weighted by Crippen LogP contribution is -2.32. The number of hydrogen-bond acceptors (Lipinski definition) is 5. The zero-order valence-corrected chi connectivity index (χ0v) is 14.6. The molecule has 0 amide bonds. The number of benzene rings is 1. The number of ether oxygens (including phenoxy) is 1. The van der Waals surface area contributed by atoms with E-state index in [1.165, 1.54) is 6.07 Å². The van der Waals surface area contributed by atoms with Crippen molar-refractivity contribution in [2.24, 2.45) is 5.92 Å². The fraction of sp³-hybridized carbons (Fsp3) is 0.500. The number of aromatic amines is 1. The molecule has 0 radical (unpaired) electrons. The number of nitrogens with one attached hydrogen (secondary N) is 1. The van der Waals surface area contributed by atoms with Gasteiger partial charge in [0.1, 0.15) is 11.5 Å². The van der Waals surface area contributed by atoms with Gasteiger partial charge in [0, 0.05) is 17.7 Å². The van der Waals surface area contributed by atoms with Crippen molar-refractivity contribution < 1.29 is 13.9 Å². The molecule has 7 heteroatoms. The first-order chi connectivity index (χ1) is 12.1. The predicted octanol–water partition coefficient (Wildman–Crippen LogP) is 3.02. The van der Waals surface area contributed by atoms with Gasteiger partial charge in [-0.15, -0.1) is 5.10 Å². The second-order valence-electron chi connectivity index (χ2n) is 6.51. The number of esters is 1. The van der Waals surface area contributed by atoms with E-state index in [2.05, 4.69) is 27.2 Å². The van der Waals surface area contributed by atoms with Gasteiger partial charge in [0.25, 0.3) is 0 Å². The quantitative estimate of drug-likeness (QED) is 0.843. The fourth-order valence-corrected chi connectivity index (χ4v) is 3.06. The maximum atomic E-state index is 14.6. The van der Waals surface area contributed by atoms with Crippen molar-refractivity contribution in [3.05, 3.63) is 35.3 Å². The molecule has 0 unspecified atom stereocenters. The highest BCUT2D eigenvalue weighted by Gasteiger charge is 2.21. The van der Waals surface area contributed by atoms with Gasteiger partial charge in [-0.1, -0.05) is 19.1 Å². The summed E-state index contributed by atoms with van der Waals surface area (Å²) in [4.78, 5) is 14.2. The first-order valence-electron chi connectivity index (χ1n) is 8.67. The lowest BCUT2D eigenvalue weighted by molar-refractivity contribution is 0.0520. The van der Waals surface area contributed by atoms with Crippen LogP contribution in [0.25, 0.3) is 11.3 Å². The minimum atomic E-state index is -0.571. The van der Waals surface area contributed by atoms with E-state index in [0.717, 1.165) is 31.8 Å². The van der Waals surface area contributed by atoms with Crippen LogP contribution < -0.4 is 0 Å². The van der Waals surface area contributed by atoms with E-state index in [1.807, 2.05) is 0 Å². The van der Waals surface area contributed by atoms with Gasteiger partial charge in [-0.2, -0.15) is 10.3 Å². The standard InChI is InChI=1S/C18H23FN4O2/c1-3-25-18(24)17-16(20-22-21-17)13-4-5-14(15(19)10-13)11-23-8-6-12(2)7-9-23/h4-5,10,12H,3,6-9,11H2,1-2H3,(H,20,21,22). The Bertz CT molecular complexity index is 738. The average molecular weight is 346 g/mol. The van der Waals surface area contributed by atoms with Crippen LogP contribution in [-0.2, 0) is 11.3 Å². The summed E-state index contributed by atoms with van der Waals surface area (Å²) < 4.78 is 19.5. The van der Waals surface area contributed by atoms with Crippen LogP contribution in [0.5, 0.6) is 0 Å². The molecule has 1 aliphatic heterocycles. The van der Waals surface area contributed by atoms with Gasteiger partial charge >= 0.3 is 5.97 Å². The Morgan fingerprint density at radius 1 is 1.36 bits per heavy atom. The van der Waals surface area contributed by atoms with Crippen LogP contribution in [-0.4, -0.2) is 46.0 Å². The number of rotatable bonds is 5. The second kappa shape index (κ2) is 7.74. The maximum Gasteiger partial charge on any atom is 0.361 e. The molecule has 0 bridgehead atoms. The molecule has 1 aromatic carbocycles. The lowest BCUT2D eigenvalue weighted by atomic mass is 9.98. The normalized spacial score (nSPS) is 16.1. The number of carbonyl (C=O) groups is 1. The summed E-state index contributed by atoms with van der Waals surface area (Å²) in [6.07, 6.45) is 2.31. The zero-order chi connectivity index (χ0) is 17.8. The molecule has 0 aliphatic carbocycles. The summed E-state index contributed by atoms with van der Waals surface area (Å²) in [7, 11) is 0. The third-order valence-electron chi connectivity index (χ3n) is 4.61. The molecule has 3 rings (SSSR count). The van der Waals surface area contributed by atoms with Gasteiger partial charge in [0.2, 0.25) is 0 Å². The van der Waals surface area contributed by atoms with Crippen LogP contribution in [0.3, 0.4) is 0 Å². The number of H-pyrrole nitrogens is 1. The monoisotopic (exact) mass is 346 g/mol. The molecule has 6 nitrogen and oxygen atoms in total. The Morgan fingerprint density at radius 2 is 2.12 bits per heavy atom. The molecular formula is C18H23FN4O2. The number of hydrogen-bond donors (Lipinski definition) is 1. The van der Waals surface area contributed by atoms with Crippen LogP contribution in [0.2, 0.25) is 0 Å². The first-order valence-corrected chi connectivity index (χ1v) is 8.67. The van der Waals surface area contributed by atoms with Gasteiger partial charge in [0.15, 0.2) is 5.69 Å². The van der Waals surface area contributed by atoms with Crippen molar-refractivity contribution in [1.29, 1.82) is 0 Å². The highest BCUT2D eigenvalue weighted by atomic mass is 19.1. The van der Waals surface area contributed by atoms with Gasteiger partial charge in [-0.05, 0) is 44.8 Å². The van der Waals surface area contributed by atoms with Crippen molar-refractivity contribution in [2.75, 3.05) is 19.7 Å². The van der Waals surface area contributed by atoms with Crippen LogP contribution in [0, 0.1) is 11.7 Å². The maximum absolute atomic E-state index is 14.6. The summed E-state index contributed by atoms with van der Waals surface area (Å²) in [6.45, 7) is 6.81. The molecule has 0 atom stereocenters. The van der Waals surface area contributed by atoms with E-state index < -0.39 is 5.97 Å². The molecule has 1 saturated heterocycles. The minimum Gasteiger partial charge on any atom is -0.461 e. The molecule has 1 aliphatic rings. The van der Waals surface area contributed by atoms with Crippen LogP contribution in [0.1, 0.15) is 42.7 Å². The van der Waals surface area contributed by atoms with E-state index in [-0.39, 0.29) is 18.1 Å². The number of halogens is 1. The third kappa shape index (κ3) is 4.04. The van der Waals surface area contributed by atoms with E-state index in [9.17, 15) is 9.18 Å². The topological polar surface area (TPSA) is 71.1 Å². The largest absolute Gasteiger partial charge is 0.461 e. The smallest absolute Gasteiger partial charge is 0.361 e. The molecular weight excluding hydrogens is 323 g/mol. The highest BCUT2D eigenvalue weighted by molar-refractivity contribution is 5.93. The van der Waals surface area contributed by atoms with Crippen molar-refractivity contribution in [1.82, 2.24) is 20.3 Å². The highest BCUT2D eigenvalue weighted by Crippen LogP contribution is 2.25. The molecule has 2 heterocycles. The van der Waals surface area contributed by atoms with E-state index in [4.69, 9.17) is 4.74 Å². The second-order valence-corrected chi connectivity index (χ2v) is 6.51. The average Bonchev–Trinajstić information content (AvgIpc) is 3.08. The van der Waals surface area contributed by atoms with Gasteiger partial charge in [-0.25, -0.2) is 9.18 Å². The SMILES string of the molecule is CCOC(=O)c1n[nH]nc1-c1ccc(CN2CCC(C)CC2)c(F)c1. The van der Waals surface area contributed by atoms with Crippen LogP contribution in [0.15, 0.2) is 18.2 Å². The van der Waals surface area contributed by atoms with E-state index >= 15 is 0 Å². The Morgan fingerprint density at radius 3 is 2.80 bits per heavy atom. The summed E-state index contributed by atoms with van der Waals surface area (Å²) in [5.74, 6) is -0.121. The van der Waals surface area contributed by atoms with E-state index in [1.54, 1.807) is 19.1 Å². The Hall–Kier alpha value is -2.28. The van der Waals surface area contributed by atoms with Crippen molar-refractivity contribution in [3.8, 4) is 11.3 Å². The van der Waals surface area contributed by atoms with Crippen LogP contribution in [0.4, 0.5) is 4.39 Å². The third-order valence-corrected chi connectivity index (χ3v) is 4.61. The molecule has 1 N–H and O–H groups in total. The minimum absolute atomic E-state index is 0.0685. The zero-order valence-electron chi connectivity index (χ0n) is 14.6. The fourth-order valence-electron chi connectivity index (χ4n) is 3.06. The summed E-state index contributed by atoms with van der Waals surface area (Å²) in [5.41, 5.74) is 1.53. The Labute approximate surface area is 146 Å². The summed E-state index contributed by atoms with van der Waals surface area (Å²) in [5, 5.41) is 10.2. The van der Waals surface area contributed by atoms with Crippen molar-refractivity contribution in [2.45, 2.75) is 33.2 Å². The molecule has 1 aromatic heterocycles. The van der Waals surface area contributed by atoms with Crippen molar-refractivity contribution >= 4 is 5.97 Å². The number of likely N-dealkylation sites (tertiary alicyclic amines) is 1. The van der Waals surface area contributed by atoms with Gasteiger partial charge in [-0.3, -0.25) is 4.90 Å². The molecule has 0 spiro atoms. The van der Waals surface area contributed by atoms with Crippen molar-refractivity contribution in [3.63, 3.8) is 0 Å². The summed E-state index contributed by atoms with van der Waals surface area (Å²) >= 11 is 0. The Balaban J connectivity index is 1.76. The molecule has 134 valence electrons. The molecule has 1 fully saturated rings. The van der Waals surface area contributed by atoms with Crippen LogP contribution >= 0.6 is 0 Å². The Kier molecular flexibility index (Phi) is 5.43. The van der Waals surface area contributed by atoms with Gasteiger partial charge < -0.3 is 4.74 Å². The van der Waals surface area contributed by atoms with E-state index in [0.29, 0.717) is 23.4 Å². The predicted molar refractivity (Wildman–Crippen MR) is 91.4 cm³/mol. The number of nitrogens with zero attached hydrogens (tertiary/aromatic N) is 3. The molecule has 25 heavy (non-hydrogen) atoms. The molecule has 2 aromatic rings. The number of carbonyl (C=O) groups excluding carboxylic acids is 1. The molecule has 0 saturated carbocycles. The summed E-state index contributed by atoms with van der Waals surface area (Å²) in [6, 6.07) is 4.93. The number of aromatic nitrogens is 3. The lowest BCUT2D eigenvalue weighted by Gasteiger charge is -2.30. The number of piperidine rings is 1.